The molecule has 228 valence electrons. The van der Waals surface area contributed by atoms with Crippen molar-refractivity contribution in [3.8, 4) is 11.5 Å². The number of benzene rings is 1. The van der Waals surface area contributed by atoms with Gasteiger partial charge in [0, 0.05) is 43.8 Å². The lowest BCUT2D eigenvalue weighted by atomic mass is 9.91. The number of nitrogens with two attached hydrogens (primary N) is 1. The molecule has 0 unspecified atom stereocenters. The second kappa shape index (κ2) is 14.5. The number of hydrogen-bond donors (Lipinski definition) is 5. The minimum absolute atomic E-state index is 0.0869. The Morgan fingerprint density at radius 2 is 1.88 bits per heavy atom. The smallest absolute Gasteiger partial charge is 0.350 e. The Labute approximate surface area is 247 Å². The minimum atomic E-state index is -0.300. The van der Waals surface area contributed by atoms with E-state index in [1.54, 1.807) is 29.0 Å². The number of nitrogens with one attached hydrogen (secondary N) is 4. The molecule has 1 aromatic carbocycles. The quantitative estimate of drug-likeness (QED) is 0.202. The Hall–Kier alpha value is -3.61. The maximum absolute atomic E-state index is 13.0. The summed E-state index contributed by atoms with van der Waals surface area (Å²) < 4.78 is 13.2. The van der Waals surface area contributed by atoms with Crippen LogP contribution in [0, 0.1) is 0 Å². The van der Waals surface area contributed by atoms with Crippen molar-refractivity contribution < 1.29 is 14.3 Å². The summed E-state index contributed by atoms with van der Waals surface area (Å²) in [4.78, 5) is 32.4. The van der Waals surface area contributed by atoms with Crippen LogP contribution in [0.4, 0.5) is 11.5 Å². The van der Waals surface area contributed by atoms with Crippen LogP contribution in [0.25, 0.3) is 0 Å². The average molecular weight is 581 g/mol. The van der Waals surface area contributed by atoms with Crippen molar-refractivity contribution in [1.82, 2.24) is 30.4 Å². The van der Waals surface area contributed by atoms with Crippen molar-refractivity contribution in [3.63, 3.8) is 0 Å². The van der Waals surface area contributed by atoms with Gasteiger partial charge in [-0.3, -0.25) is 14.3 Å². The standard InChI is InChI=1S/C30H44N8O4/c1-2-27(31)33-12-3-11-32-22-6-8-23(9-7-22)38-20-26-28(36-30(38)40)35-24-19-21(5-10-25(24)42-26)29(39)34-13-4-14-37-15-17-41-18-16-37/h2,5,10,19-20,22-23,32-33H,3-4,6-9,11-18,31H2,1H3,(H,34,39)(H,35,36,40)/b27-2-. The lowest BCUT2D eigenvalue weighted by Crippen LogP contribution is -2.38. The Kier molecular flexibility index (Phi) is 10.3. The van der Waals surface area contributed by atoms with Gasteiger partial charge in [0.2, 0.25) is 0 Å². The first-order valence-corrected chi connectivity index (χ1v) is 15.2. The van der Waals surface area contributed by atoms with Crippen LogP contribution in [0.5, 0.6) is 11.5 Å². The molecule has 1 amide bonds. The van der Waals surface area contributed by atoms with Gasteiger partial charge in [-0.2, -0.15) is 4.98 Å². The van der Waals surface area contributed by atoms with Gasteiger partial charge < -0.3 is 36.5 Å². The molecule has 12 heteroatoms. The molecule has 0 spiro atoms. The van der Waals surface area contributed by atoms with Crippen LogP contribution in [0.1, 0.15) is 61.8 Å². The van der Waals surface area contributed by atoms with Crippen molar-refractivity contribution in [1.29, 1.82) is 0 Å². The largest absolute Gasteiger partial charge is 0.450 e. The molecule has 0 radical (unpaired) electrons. The molecule has 2 aliphatic heterocycles. The summed E-state index contributed by atoms with van der Waals surface area (Å²) in [6.45, 7) is 8.65. The molecule has 42 heavy (non-hydrogen) atoms. The third kappa shape index (κ3) is 7.81. The van der Waals surface area contributed by atoms with E-state index in [-0.39, 0.29) is 17.6 Å². The predicted molar refractivity (Wildman–Crippen MR) is 162 cm³/mol. The molecule has 0 atom stereocenters. The Bertz CT molecular complexity index is 1300. The maximum Gasteiger partial charge on any atom is 0.350 e. The molecule has 1 saturated carbocycles. The van der Waals surface area contributed by atoms with E-state index >= 15 is 0 Å². The van der Waals surface area contributed by atoms with Crippen molar-refractivity contribution in [2.45, 2.75) is 57.5 Å². The van der Waals surface area contributed by atoms with Gasteiger partial charge in [-0.1, -0.05) is 0 Å². The lowest BCUT2D eigenvalue weighted by Gasteiger charge is -2.31. The van der Waals surface area contributed by atoms with Crippen LogP contribution in [-0.2, 0) is 4.74 Å². The molecule has 0 bridgehead atoms. The first kappa shape index (κ1) is 29.9. The second-order valence-corrected chi connectivity index (χ2v) is 11.1. The number of allylic oxidation sites excluding steroid dienone is 1. The highest BCUT2D eigenvalue weighted by Gasteiger charge is 2.26. The fourth-order valence-electron chi connectivity index (χ4n) is 5.70. The number of carbonyl (C=O) groups excluding carboxylic acids is 1. The normalized spacial score (nSPS) is 20.5. The van der Waals surface area contributed by atoms with E-state index in [9.17, 15) is 9.59 Å². The number of anilines is 2. The van der Waals surface area contributed by atoms with Crippen molar-refractivity contribution >= 4 is 17.4 Å². The summed E-state index contributed by atoms with van der Waals surface area (Å²) in [5, 5.41) is 13.0. The number of nitrogens with zero attached hydrogens (tertiary/aromatic N) is 3. The second-order valence-electron chi connectivity index (χ2n) is 11.1. The van der Waals surface area contributed by atoms with Crippen LogP contribution in [-0.4, -0.2) is 78.9 Å². The zero-order chi connectivity index (χ0) is 29.3. The van der Waals surface area contributed by atoms with E-state index < -0.39 is 0 Å². The third-order valence-corrected chi connectivity index (χ3v) is 8.19. The number of hydrogen-bond acceptors (Lipinski definition) is 10. The highest BCUT2D eigenvalue weighted by molar-refractivity contribution is 5.96. The summed E-state index contributed by atoms with van der Waals surface area (Å²) in [5.41, 5.74) is 6.61. The third-order valence-electron chi connectivity index (χ3n) is 8.19. The van der Waals surface area contributed by atoms with Crippen molar-refractivity contribution in [2.75, 3.05) is 57.8 Å². The fraction of sp³-hybridized carbons (Fsp3) is 0.567. The highest BCUT2D eigenvalue weighted by atomic mass is 16.5. The van der Waals surface area contributed by atoms with Gasteiger partial charge >= 0.3 is 5.69 Å². The number of amides is 1. The number of carbonyl (C=O) groups is 1. The number of morpholine rings is 1. The zero-order valence-corrected chi connectivity index (χ0v) is 24.5. The number of aromatic nitrogens is 2. The topological polar surface area (TPSA) is 148 Å². The summed E-state index contributed by atoms with van der Waals surface area (Å²) in [7, 11) is 0. The van der Waals surface area contributed by atoms with E-state index in [1.807, 2.05) is 13.0 Å². The average Bonchev–Trinajstić information content (AvgIpc) is 3.02. The van der Waals surface area contributed by atoms with Gasteiger partial charge in [0.25, 0.3) is 5.91 Å². The van der Waals surface area contributed by atoms with Gasteiger partial charge in [-0.15, -0.1) is 0 Å². The van der Waals surface area contributed by atoms with E-state index in [2.05, 4.69) is 31.2 Å². The molecule has 2 fully saturated rings. The Balaban J connectivity index is 1.10. The van der Waals surface area contributed by atoms with Crippen molar-refractivity contribution in [2.24, 2.45) is 5.73 Å². The molecular formula is C30H44N8O4. The molecule has 2 aromatic rings. The summed E-state index contributed by atoms with van der Waals surface area (Å²) >= 11 is 0. The number of ether oxygens (including phenoxy) is 2. The maximum atomic E-state index is 13.0. The first-order chi connectivity index (χ1) is 20.5. The summed E-state index contributed by atoms with van der Waals surface area (Å²) in [6.07, 6.45) is 9.30. The van der Waals surface area contributed by atoms with Gasteiger partial charge in [0.15, 0.2) is 17.3 Å². The molecule has 1 aliphatic carbocycles. The minimum Gasteiger partial charge on any atom is -0.450 e. The van der Waals surface area contributed by atoms with E-state index in [4.69, 9.17) is 15.2 Å². The summed E-state index contributed by atoms with van der Waals surface area (Å²) in [5.74, 6) is 2.04. The SMILES string of the molecule is C/C=C(/N)NCCCNC1CCC(n2cc3c(nc2=O)Nc2cc(C(=O)NCCCN4CCOCC4)ccc2O3)CC1. The first-order valence-electron chi connectivity index (χ1n) is 15.2. The van der Waals surface area contributed by atoms with Gasteiger partial charge in [0.1, 0.15) is 0 Å². The van der Waals surface area contributed by atoms with Gasteiger partial charge in [0.05, 0.1) is 30.9 Å². The zero-order valence-electron chi connectivity index (χ0n) is 24.5. The van der Waals surface area contributed by atoms with E-state index in [0.29, 0.717) is 47.0 Å². The molecular weight excluding hydrogens is 536 g/mol. The molecule has 3 aliphatic rings. The van der Waals surface area contributed by atoms with Gasteiger partial charge in [-0.25, -0.2) is 4.79 Å². The predicted octanol–water partition coefficient (Wildman–Crippen LogP) is 2.42. The van der Waals surface area contributed by atoms with Crippen LogP contribution >= 0.6 is 0 Å². The number of rotatable bonds is 12. The highest BCUT2D eigenvalue weighted by Crippen LogP contribution is 2.41. The van der Waals surface area contributed by atoms with Crippen molar-refractivity contribution in [3.05, 3.63) is 52.3 Å². The van der Waals surface area contributed by atoms with E-state index in [1.165, 1.54) is 0 Å². The summed E-state index contributed by atoms with van der Waals surface area (Å²) in [6, 6.07) is 5.81. The van der Waals surface area contributed by atoms with Crippen LogP contribution in [0.3, 0.4) is 0 Å². The van der Waals surface area contributed by atoms with Crippen LogP contribution < -0.4 is 37.4 Å². The Morgan fingerprint density at radius 3 is 2.67 bits per heavy atom. The van der Waals surface area contributed by atoms with Crippen LogP contribution in [0.2, 0.25) is 0 Å². The molecule has 5 rings (SSSR count). The fourth-order valence-corrected chi connectivity index (χ4v) is 5.70. The molecule has 3 heterocycles. The van der Waals surface area contributed by atoms with E-state index in [0.717, 1.165) is 84.5 Å². The lowest BCUT2D eigenvalue weighted by molar-refractivity contribution is 0.0374. The monoisotopic (exact) mass is 580 g/mol. The molecule has 12 nitrogen and oxygen atoms in total. The molecule has 6 N–H and O–H groups in total. The number of fused-ring (bicyclic) bond motifs is 2. The van der Waals surface area contributed by atoms with Gasteiger partial charge in [-0.05, 0) is 82.8 Å². The molecule has 1 aromatic heterocycles. The molecule has 1 saturated heterocycles. The van der Waals surface area contributed by atoms with Crippen LogP contribution in [0.15, 0.2) is 41.1 Å². The Morgan fingerprint density at radius 1 is 1.10 bits per heavy atom.